The van der Waals surface area contributed by atoms with E-state index >= 15 is 0 Å². The monoisotopic (exact) mass is 560 g/mol. The van der Waals surface area contributed by atoms with Gasteiger partial charge in [0.1, 0.15) is 17.7 Å². The summed E-state index contributed by atoms with van der Waals surface area (Å²) in [5.41, 5.74) is 7.19. The fourth-order valence-corrected chi connectivity index (χ4v) is 4.65. The molecule has 40 heavy (non-hydrogen) atoms. The van der Waals surface area contributed by atoms with E-state index in [0.717, 1.165) is 61.6 Å². The molecule has 9 heteroatoms. The lowest BCUT2D eigenvalue weighted by molar-refractivity contribution is -0.143. The maximum absolute atomic E-state index is 14.2. The number of nitrogens with one attached hydrogen (secondary N) is 2. The minimum Gasteiger partial charge on any atom is -0.444 e. The summed E-state index contributed by atoms with van der Waals surface area (Å²) >= 11 is 0. The predicted octanol–water partition coefficient (Wildman–Crippen LogP) is 5.22. The highest BCUT2D eigenvalue weighted by Gasteiger charge is 2.37. The van der Waals surface area contributed by atoms with Gasteiger partial charge in [-0.25, -0.2) is 4.79 Å². The summed E-state index contributed by atoms with van der Waals surface area (Å²) in [7, 11) is 0. The number of alkyl carbamates (subject to hydrolysis) is 1. The first-order chi connectivity index (χ1) is 18.8. The Morgan fingerprint density at radius 2 is 1.50 bits per heavy atom. The molecule has 0 aliphatic carbocycles. The molecule has 0 aliphatic rings. The molecule has 226 valence electrons. The van der Waals surface area contributed by atoms with E-state index in [4.69, 9.17) is 10.5 Å². The molecular weight excluding hydrogens is 508 g/mol. The first-order valence-corrected chi connectivity index (χ1v) is 14.7. The summed E-state index contributed by atoms with van der Waals surface area (Å²) in [5, 5.41) is 5.55. The first-order valence-electron chi connectivity index (χ1n) is 14.7. The zero-order valence-corrected chi connectivity index (χ0v) is 25.7. The zero-order valence-electron chi connectivity index (χ0n) is 25.7. The second kappa shape index (κ2) is 17.6. The molecule has 2 unspecified atom stereocenters. The molecule has 0 saturated heterocycles. The second-order valence-corrected chi connectivity index (χ2v) is 11.5. The number of carbonyl (C=O) groups excluding carboxylic acids is 4. The predicted molar refractivity (Wildman–Crippen MR) is 159 cm³/mol. The lowest BCUT2D eigenvalue weighted by Crippen LogP contribution is -2.54. The van der Waals surface area contributed by atoms with Crippen molar-refractivity contribution in [3.05, 3.63) is 34.9 Å². The first kappa shape index (κ1) is 34.9. The number of carbonyl (C=O) groups is 4. The number of rotatable bonds is 17. The lowest BCUT2D eigenvalue weighted by atomic mass is 9.93. The standard InChI is InChI=1S/C31H52N4O5/c1-8-10-12-13-14-15-20-35(29(38)24(21-25(32)36)34-30(39)40-31(5,6)7)27(28(37)33-19-11-9-2)26-22(3)17-16-18-23(26)4/h16-18,24,27H,8-15,19-21H2,1-7H3,(H2,32,36)(H,33,37)(H,34,39). The van der Waals surface area contributed by atoms with Crippen LogP contribution in [0.15, 0.2) is 18.2 Å². The second-order valence-electron chi connectivity index (χ2n) is 11.5. The minimum absolute atomic E-state index is 0.288. The van der Waals surface area contributed by atoms with Crippen molar-refractivity contribution >= 4 is 23.8 Å². The summed E-state index contributed by atoms with van der Waals surface area (Å²) in [6, 6.07) is 3.55. The van der Waals surface area contributed by atoms with Crippen LogP contribution in [0, 0.1) is 13.8 Å². The van der Waals surface area contributed by atoms with Gasteiger partial charge in [-0.2, -0.15) is 0 Å². The molecule has 4 amide bonds. The van der Waals surface area contributed by atoms with Crippen LogP contribution in [0.3, 0.4) is 0 Å². The number of aryl methyl sites for hydroxylation is 2. The van der Waals surface area contributed by atoms with Crippen LogP contribution in [0.2, 0.25) is 0 Å². The van der Waals surface area contributed by atoms with Gasteiger partial charge in [0.25, 0.3) is 0 Å². The van der Waals surface area contributed by atoms with Gasteiger partial charge in [-0.3, -0.25) is 14.4 Å². The van der Waals surface area contributed by atoms with E-state index in [-0.39, 0.29) is 12.5 Å². The molecule has 9 nitrogen and oxygen atoms in total. The molecule has 0 aromatic heterocycles. The lowest BCUT2D eigenvalue weighted by Gasteiger charge is -2.35. The van der Waals surface area contributed by atoms with Crippen LogP contribution in [0.25, 0.3) is 0 Å². The van der Waals surface area contributed by atoms with Gasteiger partial charge >= 0.3 is 6.09 Å². The largest absolute Gasteiger partial charge is 0.444 e. The van der Waals surface area contributed by atoms with Gasteiger partial charge in [0, 0.05) is 13.1 Å². The molecule has 0 fully saturated rings. The average Bonchev–Trinajstić information content (AvgIpc) is 2.84. The van der Waals surface area contributed by atoms with E-state index in [1.807, 2.05) is 39.0 Å². The van der Waals surface area contributed by atoms with Gasteiger partial charge in [-0.05, 0) is 64.2 Å². The molecule has 0 aliphatic heterocycles. The molecule has 0 saturated carbocycles. The quantitative estimate of drug-likeness (QED) is 0.225. The minimum atomic E-state index is -1.28. The zero-order chi connectivity index (χ0) is 30.3. The molecule has 0 bridgehead atoms. The van der Waals surface area contributed by atoms with Gasteiger partial charge in [0.05, 0.1) is 6.42 Å². The van der Waals surface area contributed by atoms with Gasteiger partial charge in [-0.15, -0.1) is 0 Å². The highest BCUT2D eigenvalue weighted by atomic mass is 16.6. The van der Waals surface area contributed by atoms with Crippen molar-refractivity contribution in [2.75, 3.05) is 13.1 Å². The molecule has 0 heterocycles. The molecule has 1 rings (SSSR count). The van der Waals surface area contributed by atoms with E-state index in [2.05, 4.69) is 17.6 Å². The van der Waals surface area contributed by atoms with E-state index in [9.17, 15) is 19.2 Å². The van der Waals surface area contributed by atoms with E-state index < -0.39 is 42.0 Å². The van der Waals surface area contributed by atoms with Gasteiger partial charge in [0.15, 0.2) is 0 Å². The number of unbranched alkanes of at least 4 members (excludes halogenated alkanes) is 6. The van der Waals surface area contributed by atoms with Crippen LogP contribution in [0.1, 0.15) is 115 Å². The van der Waals surface area contributed by atoms with Crippen molar-refractivity contribution in [1.29, 1.82) is 0 Å². The number of amides is 4. The van der Waals surface area contributed by atoms with Crippen LogP contribution in [-0.4, -0.2) is 53.4 Å². The summed E-state index contributed by atoms with van der Waals surface area (Å²) in [5.74, 6) is -1.58. The SMILES string of the molecule is CCCCCCCCN(C(=O)C(CC(N)=O)NC(=O)OC(C)(C)C)C(C(=O)NCCCC)c1c(C)cccc1C. The third-order valence-corrected chi connectivity index (χ3v) is 6.64. The summed E-state index contributed by atoms with van der Waals surface area (Å²) < 4.78 is 5.36. The summed E-state index contributed by atoms with van der Waals surface area (Å²) in [4.78, 5) is 54.1. The van der Waals surface area contributed by atoms with Crippen molar-refractivity contribution in [3.63, 3.8) is 0 Å². The number of hydrogen-bond acceptors (Lipinski definition) is 5. The molecule has 0 spiro atoms. The Bertz CT molecular complexity index is 953. The topological polar surface area (TPSA) is 131 Å². The van der Waals surface area contributed by atoms with Crippen molar-refractivity contribution in [1.82, 2.24) is 15.5 Å². The van der Waals surface area contributed by atoms with Gasteiger partial charge in [-0.1, -0.05) is 70.6 Å². The number of nitrogens with zero attached hydrogens (tertiary/aromatic N) is 1. The number of primary amides is 1. The van der Waals surface area contributed by atoms with E-state index in [1.165, 1.54) is 4.90 Å². The Balaban J connectivity index is 3.52. The Kier molecular flexibility index (Phi) is 15.3. The van der Waals surface area contributed by atoms with E-state index in [1.54, 1.807) is 20.8 Å². The maximum Gasteiger partial charge on any atom is 0.408 e. The molecule has 1 aromatic rings. The highest BCUT2D eigenvalue weighted by Crippen LogP contribution is 2.29. The normalized spacial score (nSPS) is 12.8. The van der Waals surface area contributed by atoms with Gasteiger partial charge < -0.3 is 26.0 Å². The summed E-state index contributed by atoms with van der Waals surface area (Å²) in [6.45, 7) is 13.9. The van der Waals surface area contributed by atoms with Crippen molar-refractivity contribution in [2.45, 2.75) is 124 Å². The number of nitrogens with two attached hydrogens (primary N) is 1. The van der Waals surface area contributed by atoms with Crippen LogP contribution in [0.5, 0.6) is 0 Å². The third-order valence-electron chi connectivity index (χ3n) is 6.64. The van der Waals surface area contributed by atoms with E-state index in [0.29, 0.717) is 13.0 Å². The van der Waals surface area contributed by atoms with Crippen LogP contribution >= 0.6 is 0 Å². The smallest absolute Gasteiger partial charge is 0.408 e. The molecule has 4 N–H and O–H groups in total. The van der Waals surface area contributed by atoms with Gasteiger partial charge in [0.2, 0.25) is 17.7 Å². The Morgan fingerprint density at radius 1 is 0.925 bits per heavy atom. The maximum atomic E-state index is 14.2. The van der Waals surface area contributed by atoms with Crippen LogP contribution in [-0.2, 0) is 19.1 Å². The molecule has 0 radical (unpaired) electrons. The third kappa shape index (κ3) is 12.4. The van der Waals surface area contributed by atoms with Crippen LogP contribution in [0.4, 0.5) is 4.79 Å². The fourth-order valence-electron chi connectivity index (χ4n) is 4.65. The fraction of sp³-hybridized carbons (Fsp3) is 0.677. The van der Waals surface area contributed by atoms with Crippen molar-refractivity contribution in [3.8, 4) is 0 Å². The summed E-state index contributed by atoms with van der Waals surface area (Å²) in [6.07, 6.45) is 6.44. The molecule has 2 atom stereocenters. The molecular formula is C31H52N4O5. The Morgan fingerprint density at radius 3 is 2.05 bits per heavy atom. The van der Waals surface area contributed by atoms with Crippen molar-refractivity contribution in [2.24, 2.45) is 5.73 Å². The number of ether oxygens (including phenoxy) is 1. The number of benzene rings is 1. The van der Waals surface area contributed by atoms with Crippen molar-refractivity contribution < 1.29 is 23.9 Å². The molecule has 1 aromatic carbocycles. The Labute approximate surface area is 241 Å². The number of hydrogen-bond donors (Lipinski definition) is 3. The average molecular weight is 561 g/mol. The Hall–Kier alpha value is -3.10. The highest BCUT2D eigenvalue weighted by molar-refractivity contribution is 5.94. The van der Waals surface area contributed by atoms with Crippen LogP contribution < -0.4 is 16.4 Å².